The molecule has 0 aliphatic heterocycles. The number of nitrogens with zero attached hydrogens (tertiary/aromatic N) is 1. The first-order chi connectivity index (χ1) is 14.2. The summed E-state index contributed by atoms with van der Waals surface area (Å²) in [6, 6.07) is 24.1. The Morgan fingerprint density at radius 2 is 1.83 bits per heavy atom. The molecule has 4 rings (SSSR count). The second-order valence-corrected chi connectivity index (χ2v) is 6.62. The van der Waals surface area contributed by atoms with Crippen LogP contribution in [0.25, 0.3) is 11.5 Å². The Kier molecular flexibility index (Phi) is 5.49. The molecular weight excluding hydrogens is 386 g/mol. The summed E-state index contributed by atoms with van der Waals surface area (Å²) in [5.74, 6) is 0.845. The van der Waals surface area contributed by atoms with E-state index in [2.05, 4.69) is 15.5 Å². The van der Waals surface area contributed by atoms with Gasteiger partial charge in [-0.05, 0) is 60.2 Å². The van der Waals surface area contributed by atoms with Crippen molar-refractivity contribution < 1.29 is 13.9 Å². The number of aromatic nitrogens is 2. The van der Waals surface area contributed by atoms with Crippen LogP contribution in [0, 0.1) is 4.84 Å². The smallest absolute Gasteiger partial charge is 0.284 e. The average molecular weight is 403 g/mol. The van der Waals surface area contributed by atoms with E-state index in [1.54, 1.807) is 42.5 Å². The van der Waals surface area contributed by atoms with Gasteiger partial charge in [0.2, 0.25) is 5.89 Å². The maximum atomic E-state index is 12.5. The van der Waals surface area contributed by atoms with Gasteiger partial charge < -0.3 is 14.5 Å². The zero-order valence-electron chi connectivity index (χ0n) is 15.3. The number of carbonyl (C=O) groups is 1. The van der Waals surface area contributed by atoms with Crippen LogP contribution in [0.3, 0.4) is 0 Å². The number of ether oxygens (including phenoxy) is 1. The molecule has 0 saturated carbocycles. The molecule has 29 heavy (non-hydrogen) atoms. The largest absolute Gasteiger partial charge is 0.489 e. The Labute approximate surface area is 172 Å². The van der Waals surface area contributed by atoms with Gasteiger partial charge in [0.15, 0.2) is 0 Å². The molecule has 0 atom stereocenters. The van der Waals surface area contributed by atoms with Crippen LogP contribution in [0.5, 0.6) is 5.75 Å². The molecule has 1 heterocycles. The summed E-state index contributed by atoms with van der Waals surface area (Å²) in [5, 5.41) is 9.44. The molecule has 3 aromatic carbocycles. The number of anilines is 1. The van der Waals surface area contributed by atoms with Crippen molar-refractivity contribution in [1.29, 1.82) is 0 Å². The van der Waals surface area contributed by atoms with Crippen LogP contribution in [0.4, 0.5) is 5.69 Å². The fourth-order valence-electron chi connectivity index (χ4n) is 2.73. The lowest BCUT2D eigenvalue weighted by atomic mass is 10.1. The Hall–Kier alpha value is -3.71. The molecule has 0 unspecified atom stereocenters. The number of H-pyrrole nitrogens is 1. The molecule has 144 valence electrons. The molecule has 0 spiro atoms. The van der Waals surface area contributed by atoms with Gasteiger partial charge in [-0.2, -0.15) is 0 Å². The number of carbonyl (C=O) groups excluding carboxylic acids is 1. The van der Waals surface area contributed by atoms with Crippen molar-refractivity contribution in [2.75, 3.05) is 5.32 Å². The second-order valence-electron chi connectivity index (χ2n) is 6.25. The summed E-state index contributed by atoms with van der Waals surface area (Å²) in [6.07, 6.45) is 0. The summed E-state index contributed by atoms with van der Waals surface area (Å²) >= 11 is 4.89. The van der Waals surface area contributed by atoms with Gasteiger partial charge in [0, 0.05) is 16.8 Å². The summed E-state index contributed by atoms with van der Waals surface area (Å²) < 4.78 is 11.1. The lowest BCUT2D eigenvalue weighted by Crippen LogP contribution is -2.11. The normalized spacial score (nSPS) is 10.5. The minimum Gasteiger partial charge on any atom is -0.489 e. The van der Waals surface area contributed by atoms with E-state index in [0.717, 1.165) is 5.56 Å². The second kappa shape index (κ2) is 8.53. The molecular formula is C22H17N3O3S. The molecule has 4 aromatic rings. The van der Waals surface area contributed by atoms with Crippen molar-refractivity contribution in [2.45, 2.75) is 6.61 Å². The fourth-order valence-corrected chi connectivity index (χ4v) is 2.85. The predicted molar refractivity (Wildman–Crippen MR) is 112 cm³/mol. The predicted octanol–water partition coefficient (Wildman–Crippen LogP) is 5.23. The Morgan fingerprint density at radius 1 is 1.03 bits per heavy atom. The fraction of sp³-hybridized carbons (Fsp3) is 0.0455. The molecule has 0 saturated heterocycles. The zero-order valence-corrected chi connectivity index (χ0v) is 16.1. The highest BCUT2D eigenvalue weighted by Gasteiger charge is 2.09. The van der Waals surface area contributed by atoms with E-state index >= 15 is 0 Å². The molecule has 6 nitrogen and oxygen atoms in total. The number of hydrogen-bond donors (Lipinski definition) is 2. The molecule has 0 bridgehead atoms. The van der Waals surface area contributed by atoms with Crippen molar-refractivity contribution in [3.8, 4) is 17.2 Å². The first kappa shape index (κ1) is 18.6. The lowest BCUT2D eigenvalue weighted by Gasteiger charge is -2.08. The molecule has 2 N–H and O–H groups in total. The van der Waals surface area contributed by atoms with Crippen LogP contribution in [-0.2, 0) is 6.61 Å². The highest BCUT2D eigenvalue weighted by Crippen LogP contribution is 2.22. The monoisotopic (exact) mass is 403 g/mol. The average Bonchev–Trinajstić information content (AvgIpc) is 3.20. The zero-order chi connectivity index (χ0) is 20.1. The molecule has 1 aromatic heterocycles. The number of rotatable bonds is 6. The van der Waals surface area contributed by atoms with E-state index in [0.29, 0.717) is 35.1 Å². The molecule has 0 aliphatic rings. The van der Waals surface area contributed by atoms with Gasteiger partial charge in [-0.25, -0.2) is 5.10 Å². The van der Waals surface area contributed by atoms with Gasteiger partial charge in [-0.1, -0.05) is 36.4 Å². The van der Waals surface area contributed by atoms with Gasteiger partial charge in [0.25, 0.3) is 10.7 Å². The Morgan fingerprint density at radius 3 is 2.55 bits per heavy atom. The van der Waals surface area contributed by atoms with Crippen molar-refractivity contribution >= 4 is 23.8 Å². The SMILES string of the molecule is O=C(Nc1cccc(-c2n[nH]c(=S)o2)c1)c1ccc(OCc2ccccc2)cc1. The number of amides is 1. The van der Waals surface area contributed by atoms with Crippen LogP contribution in [-0.4, -0.2) is 16.1 Å². The van der Waals surface area contributed by atoms with Crippen LogP contribution in [0.2, 0.25) is 0 Å². The van der Waals surface area contributed by atoms with Crippen LogP contribution in [0.1, 0.15) is 15.9 Å². The molecule has 0 aliphatic carbocycles. The van der Waals surface area contributed by atoms with Crippen molar-refractivity contribution in [3.63, 3.8) is 0 Å². The summed E-state index contributed by atoms with van der Waals surface area (Å²) in [6.45, 7) is 0.476. The highest BCUT2D eigenvalue weighted by atomic mass is 32.1. The van der Waals surface area contributed by atoms with Crippen LogP contribution in [0.15, 0.2) is 83.3 Å². The van der Waals surface area contributed by atoms with E-state index < -0.39 is 0 Å². The van der Waals surface area contributed by atoms with Gasteiger partial charge in [-0.15, -0.1) is 5.10 Å². The van der Waals surface area contributed by atoms with Gasteiger partial charge in [-0.3, -0.25) is 4.79 Å². The van der Waals surface area contributed by atoms with Crippen molar-refractivity contribution in [3.05, 3.63) is 94.8 Å². The van der Waals surface area contributed by atoms with Gasteiger partial charge in [0.05, 0.1) is 0 Å². The van der Waals surface area contributed by atoms with E-state index in [1.807, 2.05) is 36.4 Å². The number of aromatic amines is 1. The number of nitrogens with one attached hydrogen (secondary N) is 2. The third-order valence-electron chi connectivity index (χ3n) is 4.17. The minimum atomic E-state index is -0.223. The maximum absolute atomic E-state index is 12.5. The first-order valence-corrected chi connectivity index (χ1v) is 9.32. The van der Waals surface area contributed by atoms with E-state index in [4.69, 9.17) is 21.4 Å². The van der Waals surface area contributed by atoms with E-state index in [1.165, 1.54) is 0 Å². The van der Waals surface area contributed by atoms with E-state index in [-0.39, 0.29) is 10.7 Å². The van der Waals surface area contributed by atoms with Gasteiger partial charge >= 0.3 is 0 Å². The molecule has 0 fully saturated rings. The Bertz CT molecular complexity index is 1170. The number of hydrogen-bond acceptors (Lipinski definition) is 5. The third kappa shape index (κ3) is 4.77. The van der Waals surface area contributed by atoms with Crippen LogP contribution >= 0.6 is 12.2 Å². The number of benzene rings is 3. The molecule has 1 amide bonds. The molecule has 7 heteroatoms. The standard InChI is InChI=1S/C22H17N3O3S/c26-20(23-18-8-4-7-17(13-18)21-24-25-22(29)28-21)16-9-11-19(12-10-16)27-14-15-5-2-1-3-6-15/h1-13H,14H2,(H,23,26)(H,25,29). The summed E-state index contributed by atoms with van der Waals surface area (Å²) in [4.78, 5) is 12.7. The quantitative estimate of drug-likeness (QED) is 0.431. The molecule has 0 radical (unpaired) electrons. The third-order valence-corrected chi connectivity index (χ3v) is 4.34. The summed E-state index contributed by atoms with van der Waals surface area (Å²) in [5.41, 5.74) is 2.95. The van der Waals surface area contributed by atoms with Crippen molar-refractivity contribution in [2.24, 2.45) is 0 Å². The van der Waals surface area contributed by atoms with E-state index in [9.17, 15) is 4.79 Å². The summed E-state index contributed by atoms with van der Waals surface area (Å²) in [7, 11) is 0. The van der Waals surface area contributed by atoms with Crippen molar-refractivity contribution in [1.82, 2.24) is 10.2 Å². The highest BCUT2D eigenvalue weighted by molar-refractivity contribution is 7.71. The first-order valence-electron chi connectivity index (χ1n) is 8.91. The topological polar surface area (TPSA) is 80.2 Å². The lowest BCUT2D eigenvalue weighted by molar-refractivity contribution is 0.102. The van der Waals surface area contributed by atoms with Gasteiger partial charge in [0.1, 0.15) is 12.4 Å². The van der Waals surface area contributed by atoms with Crippen LogP contribution < -0.4 is 10.1 Å². The maximum Gasteiger partial charge on any atom is 0.284 e. The minimum absolute atomic E-state index is 0.198. The Balaban J connectivity index is 1.40.